The molecule has 2 atom stereocenters. The van der Waals surface area contributed by atoms with Gasteiger partial charge in [-0.1, -0.05) is 0 Å². The fourth-order valence-electron chi connectivity index (χ4n) is 3.34. The van der Waals surface area contributed by atoms with Crippen molar-refractivity contribution in [2.24, 2.45) is 5.92 Å². The van der Waals surface area contributed by atoms with Crippen LogP contribution in [0.4, 0.5) is 5.82 Å². The zero-order valence-electron chi connectivity index (χ0n) is 13.7. The van der Waals surface area contributed by atoms with Crippen molar-refractivity contribution in [3.05, 3.63) is 17.8 Å². The number of aryl methyl sites for hydroxylation is 1. The second-order valence-electron chi connectivity index (χ2n) is 6.56. The van der Waals surface area contributed by atoms with Crippen molar-refractivity contribution in [3.63, 3.8) is 0 Å². The lowest BCUT2D eigenvalue weighted by Crippen LogP contribution is -2.45. The minimum absolute atomic E-state index is 0.174. The smallest absolute Gasteiger partial charge is 0.148 e. The number of ether oxygens (including phenoxy) is 2. The van der Waals surface area contributed by atoms with Gasteiger partial charge in [0.15, 0.2) is 0 Å². The summed E-state index contributed by atoms with van der Waals surface area (Å²) < 4.78 is 11.9. The molecule has 1 aromatic rings. The van der Waals surface area contributed by atoms with E-state index in [-0.39, 0.29) is 12.2 Å². The molecule has 2 saturated heterocycles. The Kier molecular flexibility index (Phi) is 5.42. The monoisotopic (exact) mass is 322 g/mol. The SMILES string of the molecule is Cc1ccc(NCC2COC3(COCCN(CCO)C3)C2)nn1. The lowest BCUT2D eigenvalue weighted by Gasteiger charge is -2.30. The van der Waals surface area contributed by atoms with Gasteiger partial charge in [0.25, 0.3) is 0 Å². The van der Waals surface area contributed by atoms with E-state index in [2.05, 4.69) is 20.4 Å². The van der Waals surface area contributed by atoms with Gasteiger partial charge in [0, 0.05) is 32.1 Å². The van der Waals surface area contributed by atoms with E-state index in [1.54, 1.807) is 0 Å². The third-order valence-electron chi connectivity index (χ3n) is 4.50. The zero-order valence-corrected chi connectivity index (χ0v) is 13.7. The number of nitrogens with one attached hydrogen (secondary N) is 1. The van der Waals surface area contributed by atoms with E-state index in [0.717, 1.165) is 44.2 Å². The highest BCUT2D eigenvalue weighted by atomic mass is 16.5. The molecule has 2 fully saturated rings. The van der Waals surface area contributed by atoms with Crippen molar-refractivity contribution < 1.29 is 14.6 Å². The van der Waals surface area contributed by atoms with Crippen LogP contribution in [0.2, 0.25) is 0 Å². The van der Waals surface area contributed by atoms with E-state index in [0.29, 0.717) is 25.7 Å². The fraction of sp³-hybridized carbons (Fsp3) is 0.750. The Balaban J connectivity index is 1.53. The maximum Gasteiger partial charge on any atom is 0.148 e. The number of aliphatic hydroxyl groups is 1. The van der Waals surface area contributed by atoms with E-state index in [1.807, 2.05) is 19.1 Å². The van der Waals surface area contributed by atoms with Crippen molar-refractivity contribution in [3.8, 4) is 0 Å². The molecule has 2 aliphatic heterocycles. The molecule has 0 amide bonds. The molecule has 1 aromatic heterocycles. The van der Waals surface area contributed by atoms with Gasteiger partial charge in [0.2, 0.25) is 0 Å². The number of β-amino-alcohol motifs (C(OH)–C–C–N with tert-alkyl or cyclic N) is 1. The molecular formula is C16H26N4O3. The van der Waals surface area contributed by atoms with Gasteiger partial charge in [-0.2, -0.15) is 5.10 Å². The molecule has 0 bridgehead atoms. The van der Waals surface area contributed by atoms with Gasteiger partial charge in [-0.3, -0.25) is 4.90 Å². The molecule has 3 rings (SSSR count). The molecule has 3 heterocycles. The highest BCUT2D eigenvalue weighted by molar-refractivity contribution is 5.32. The predicted octanol–water partition coefficient (Wildman–Crippen LogP) is 0.297. The van der Waals surface area contributed by atoms with Crippen molar-refractivity contribution in [1.29, 1.82) is 0 Å². The van der Waals surface area contributed by atoms with Gasteiger partial charge in [-0.05, 0) is 25.5 Å². The van der Waals surface area contributed by atoms with Crippen LogP contribution in [0.25, 0.3) is 0 Å². The van der Waals surface area contributed by atoms with Crippen molar-refractivity contribution in [1.82, 2.24) is 15.1 Å². The summed E-state index contributed by atoms with van der Waals surface area (Å²) in [5.41, 5.74) is 0.676. The summed E-state index contributed by atoms with van der Waals surface area (Å²) in [7, 11) is 0. The summed E-state index contributed by atoms with van der Waals surface area (Å²) in [4.78, 5) is 2.23. The van der Waals surface area contributed by atoms with Crippen LogP contribution in [-0.4, -0.2) is 78.4 Å². The molecule has 23 heavy (non-hydrogen) atoms. The molecule has 1 spiro atoms. The molecule has 7 heteroatoms. The summed E-state index contributed by atoms with van der Waals surface area (Å²) in [6.07, 6.45) is 0.960. The molecule has 2 aliphatic rings. The zero-order chi connectivity index (χ0) is 16.1. The molecule has 0 aromatic carbocycles. The number of anilines is 1. The first kappa shape index (κ1) is 16.6. The quantitative estimate of drug-likeness (QED) is 0.807. The lowest BCUT2D eigenvalue weighted by atomic mass is 9.94. The van der Waals surface area contributed by atoms with Gasteiger partial charge < -0.3 is 19.9 Å². The topological polar surface area (TPSA) is 79.7 Å². The summed E-state index contributed by atoms with van der Waals surface area (Å²) >= 11 is 0. The molecule has 0 radical (unpaired) electrons. The second kappa shape index (κ2) is 7.53. The van der Waals surface area contributed by atoms with Crippen LogP contribution >= 0.6 is 0 Å². The number of hydrogen-bond donors (Lipinski definition) is 2. The van der Waals surface area contributed by atoms with Crippen LogP contribution in [0.1, 0.15) is 12.1 Å². The summed E-state index contributed by atoms with van der Waals surface area (Å²) in [6.45, 7) is 7.34. The molecule has 2 unspecified atom stereocenters. The Morgan fingerprint density at radius 1 is 1.43 bits per heavy atom. The van der Waals surface area contributed by atoms with E-state index in [1.165, 1.54) is 0 Å². The number of aromatic nitrogens is 2. The second-order valence-corrected chi connectivity index (χ2v) is 6.56. The van der Waals surface area contributed by atoms with E-state index < -0.39 is 0 Å². The van der Waals surface area contributed by atoms with Crippen molar-refractivity contribution in [2.75, 3.05) is 57.9 Å². The lowest BCUT2D eigenvalue weighted by molar-refractivity contribution is -0.0563. The van der Waals surface area contributed by atoms with Crippen molar-refractivity contribution in [2.45, 2.75) is 18.9 Å². The third kappa shape index (κ3) is 4.38. The molecular weight excluding hydrogens is 296 g/mol. The molecule has 128 valence electrons. The van der Waals surface area contributed by atoms with Crippen LogP contribution < -0.4 is 5.32 Å². The normalized spacial score (nSPS) is 28.9. The van der Waals surface area contributed by atoms with Crippen LogP contribution in [0.3, 0.4) is 0 Å². The number of rotatable bonds is 5. The van der Waals surface area contributed by atoms with Gasteiger partial charge in [-0.25, -0.2) is 0 Å². The number of aliphatic hydroxyl groups excluding tert-OH is 1. The van der Waals surface area contributed by atoms with Gasteiger partial charge in [0.1, 0.15) is 11.4 Å². The summed E-state index contributed by atoms with van der Waals surface area (Å²) in [5.74, 6) is 1.23. The Labute approximate surface area is 137 Å². The van der Waals surface area contributed by atoms with Gasteiger partial charge in [0.05, 0.1) is 32.1 Å². The van der Waals surface area contributed by atoms with E-state index >= 15 is 0 Å². The average Bonchev–Trinajstić information content (AvgIpc) is 2.83. The predicted molar refractivity (Wildman–Crippen MR) is 86.4 cm³/mol. The first-order chi connectivity index (χ1) is 11.2. The first-order valence-corrected chi connectivity index (χ1v) is 8.28. The Bertz CT molecular complexity index is 499. The number of hydrogen-bond acceptors (Lipinski definition) is 7. The van der Waals surface area contributed by atoms with E-state index in [4.69, 9.17) is 9.47 Å². The number of nitrogens with zero attached hydrogens (tertiary/aromatic N) is 3. The minimum atomic E-state index is -0.239. The van der Waals surface area contributed by atoms with E-state index in [9.17, 15) is 5.11 Å². The summed E-state index contributed by atoms with van der Waals surface area (Å²) in [5, 5.41) is 20.7. The standard InChI is InChI=1S/C16H26N4O3/c1-13-2-3-15(19-18-13)17-9-14-8-16(23-10-14)11-20(4-6-21)5-7-22-12-16/h2-3,14,21H,4-12H2,1H3,(H,17,19). The fourth-order valence-corrected chi connectivity index (χ4v) is 3.34. The third-order valence-corrected chi connectivity index (χ3v) is 4.50. The average molecular weight is 322 g/mol. The largest absolute Gasteiger partial charge is 0.395 e. The Hall–Kier alpha value is -1.28. The highest BCUT2D eigenvalue weighted by Gasteiger charge is 2.43. The Morgan fingerprint density at radius 3 is 3.13 bits per heavy atom. The molecule has 0 aliphatic carbocycles. The molecule has 7 nitrogen and oxygen atoms in total. The first-order valence-electron chi connectivity index (χ1n) is 8.28. The Morgan fingerprint density at radius 2 is 2.35 bits per heavy atom. The van der Waals surface area contributed by atoms with Crippen LogP contribution in [0, 0.1) is 12.8 Å². The highest BCUT2D eigenvalue weighted by Crippen LogP contribution is 2.32. The molecule has 0 saturated carbocycles. The van der Waals surface area contributed by atoms with Crippen LogP contribution in [0.5, 0.6) is 0 Å². The van der Waals surface area contributed by atoms with Crippen LogP contribution in [-0.2, 0) is 9.47 Å². The van der Waals surface area contributed by atoms with Gasteiger partial charge in [-0.15, -0.1) is 5.10 Å². The van der Waals surface area contributed by atoms with Gasteiger partial charge >= 0.3 is 0 Å². The van der Waals surface area contributed by atoms with Crippen LogP contribution in [0.15, 0.2) is 12.1 Å². The minimum Gasteiger partial charge on any atom is -0.395 e. The molecule has 2 N–H and O–H groups in total. The summed E-state index contributed by atoms with van der Waals surface area (Å²) in [6, 6.07) is 3.90. The maximum absolute atomic E-state index is 9.18. The maximum atomic E-state index is 9.18. The van der Waals surface area contributed by atoms with Crippen molar-refractivity contribution >= 4 is 5.82 Å².